The zero-order chi connectivity index (χ0) is 16.4. The number of hydrogen-bond donors (Lipinski definition) is 0. The molecule has 21 heavy (non-hydrogen) atoms. The van der Waals surface area contributed by atoms with E-state index < -0.39 is 14.5 Å². The van der Waals surface area contributed by atoms with E-state index in [-0.39, 0.29) is 23.0 Å². The van der Waals surface area contributed by atoms with Crippen molar-refractivity contribution in [3.8, 4) is 0 Å². The minimum atomic E-state index is -1.95. The summed E-state index contributed by atoms with van der Waals surface area (Å²) >= 11 is 0. The van der Waals surface area contributed by atoms with Crippen LogP contribution < -0.4 is 0 Å². The number of carbonyl (C=O) groups excluding carboxylic acids is 2. The van der Waals surface area contributed by atoms with Gasteiger partial charge in [-0.2, -0.15) is 0 Å². The summed E-state index contributed by atoms with van der Waals surface area (Å²) in [5.74, 6) is 1.14. The first-order valence-electron chi connectivity index (χ1n) is 7.39. The average Bonchev–Trinajstić information content (AvgIpc) is 2.33. The minimum Gasteiger partial charge on any atom is -0.413 e. The number of nitrogens with zero attached hydrogens (tertiary/aromatic N) is 1. The molecule has 0 saturated carbocycles. The molecule has 6 heteroatoms. The second-order valence-electron chi connectivity index (χ2n) is 6.95. The Balaban J connectivity index is 2.84. The molecular weight excluding hydrogens is 286 g/mol. The SMILES string of the molecule is CCO[C@H]1[C@H]([C@@H](C)O[Si](C)(C)C(C)(C)C)C(=O)N1C=C=O. The van der Waals surface area contributed by atoms with Crippen LogP contribution in [0.2, 0.25) is 18.1 Å². The number of hydrogen-bond acceptors (Lipinski definition) is 4. The van der Waals surface area contributed by atoms with Crippen molar-refractivity contribution < 1.29 is 18.8 Å². The lowest BCUT2D eigenvalue weighted by Crippen LogP contribution is -2.64. The summed E-state index contributed by atoms with van der Waals surface area (Å²) in [4.78, 5) is 24.0. The Morgan fingerprint density at radius 3 is 2.43 bits per heavy atom. The third kappa shape index (κ3) is 3.63. The van der Waals surface area contributed by atoms with E-state index in [1.807, 2.05) is 13.8 Å². The second kappa shape index (κ2) is 6.44. The number of carbonyl (C=O) groups is 1. The highest BCUT2D eigenvalue weighted by molar-refractivity contribution is 6.74. The fraction of sp³-hybridized carbons (Fsp3) is 0.800. The highest BCUT2D eigenvalue weighted by atomic mass is 28.4. The maximum atomic E-state index is 12.2. The third-order valence-corrected chi connectivity index (χ3v) is 9.02. The molecule has 1 saturated heterocycles. The summed E-state index contributed by atoms with van der Waals surface area (Å²) in [6.07, 6.45) is 0.452. The molecule has 5 nitrogen and oxygen atoms in total. The molecule has 3 atom stereocenters. The molecule has 0 aromatic heterocycles. The lowest BCUT2D eigenvalue weighted by Gasteiger charge is -2.48. The molecule has 1 rings (SSSR count). The molecule has 0 aromatic carbocycles. The Kier molecular flexibility index (Phi) is 5.55. The summed E-state index contributed by atoms with van der Waals surface area (Å²) in [7, 11) is -1.95. The van der Waals surface area contributed by atoms with Crippen LogP contribution in [0.1, 0.15) is 34.6 Å². The number of ether oxygens (including phenoxy) is 1. The maximum Gasteiger partial charge on any atom is 0.239 e. The topological polar surface area (TPSA) is 55.8 Å². The van der Waals surface area contributed by atoms with Gasteiger partial charge in [-0.3, -0.25) is 9.69 Å². The molecule has 0 N–H and O–H groups in total. The van der Waals surface area contributed by atoms with Crippen molar-refractivity contribution in [3.05, 3.63) is 6.20 Å². The van der Waals surface area contributed by atoms with E-state index in [1.165, 1.54) is 4.90 Å². The van der Waals surface area contributed by atoms with Gasteiger partial charge in [0, 0.05) is 6.61 Å². The van der Waals surface area contributed by atoms with Gasteiger partial charge in [0.2, 0.25) is 5.91 Å². The van der Waals surface area contributed by atoms with Crippen LogP contribution in [0.15, 0.2) is 6.20 Å². The fourth-order valence-electron chi connectivity index (χ4n) is 2.21. The Morgan fingerprint density at radius 1 is 1.43 bits per heavy atom. The summed E-state index contributed by atoms with van der Waals surface area (Å²) in [6.45, 7) is 15.1. The summed E-state index contributed by atoms with van der Waals surface area (Å²) in [5.41, 5.74) is 0. The van der Waals surface area contributed by atoms with Gasteiger partial charge in [0.15, 0.2) is 14.5 Å². The lowest BCUT2D eigenvalue weighted by molar-refractivity contribution is -0.193. The van der Waals surface area contributed by atoms with Gasteiger partial charge in [-0.1, -0.05) is 20.8 Å². The van der Waals surface area contributed by atoms with Crippen LogP contribution in [-0.4, -0.2) is 44.0 Å². The lowest BCUT2D eigenvalue weighted by atomic mass is 9.91. The van der Waals surface area contributed by atoms with Crippen molar-refractivity contribution in [2.24, 2.45) is 5.92 Å². The number of β-lactam (4-membered cyclic amide) rings is 1. The first kappa shape index (κ1) is 18.1. The Hall–Kier alpha value is -0.943. The van der Waals surface area contributed by atoms with Crippen LogP contribution in [0.25, 0.3) is 0 Å². The molecule has 0 spiro atoms. The molecular formula is C15H27NO4Si. The first-order valence-corrected chi connectivity index (χ1v) is 10.3. The molecule has 0 aromatic rings. The van der Waals surface area contributed by atoms with Gasteiger partial charge < -0.3 is 9.16 Å². The van der Waals surface area contributed by atoms with Crippen LogP contribution in [0.5, 0.6) is 0 Å². The molecule has 1 amide bonds. The van der Waals surface area contributed by atoms with Crippen LogP contribution in [-0.2, 0) is 18.8 Å². The first-order chi connectivity index (χ1) is 9.56. The largest absolute Gasteiger partial charge is 0.413 e. The zero-order valence-electron chi connectivity index (χ0n) is 14.1. The van der Waals surface area contributed by atoms with E-state index in [0.29, 0.717) is 6.61 Å². The van der Waals surface area contributed by atoms with Crippen LogP contribution in [0.4, 0.5) is 0 Å². The fourth-order valence-corrected chi connectivity index (χ4v) is 3.64. The molecule has 0 bridgehead atoms. The van der Waals surface area contributed by atoms with Crippen molar-refractivity contribution in [1.82, 2.24) is 4.90 Å². The van der Waals surface area contributed by atoms with Gasteiger partial charge in [-0.05, 0) is 32.0 Å². The molecule has 0 radical (unpaired) electrons. The van der Waals surface area contributed by atoms with Gasteiger partial charge in [-0.25, -0.2) is 4.79 Å². The van der Waals surface area contributed by atoms with Gasteiger partial charge in [-0.15, -0.1) is 0 Å². The molecule has 1 fully saturated rings. The number of rotatable bonds is 6. The molecule has 1 aliphatic rings. The Labute approximate surface area is 128 Å². The van der Waals surface area contributed by atoms with E-state index >= 15 is 0 Å². The van der Waals surface area contributed by atoms with E-state index in [9.17, 15) is 9.59 Å². The van der Waals surface area contributed by atoms with Crippen LogP contribution >= 0.6 is 0 Å². The average molecular weight is 313 g/mol. The van der Waals surface area contributed by atoms with Gasteiger partial charge >= 0.3 is 0 Å². The second-order valence-corrected chi connectivity index (χ2v) is 11.7. The molecule has 0 aliphatic carbocycles. The smallest absolute Gasteiger partial charge is 0.239 e. The van der Waals surface area contributed by atoms with Crippen molar-refractivity contribution in [2.75, 3.05) is 6.61 Å². The van der Waals surface area contributed by atoms with Crippen LogP contribution in [0.3, 0.4) is 0 Å². The van der Waals surface area contributed by atoms with Crippen molar-refractivity contribution in [2.45, 2.75) is 65.1 Å². The zero-order valence-corrected chi connectivity index (χ0v) is 15.1. The van der Waals surface area contributed by atoms with E-state index in [4.69, 9.17) is 9.16 Å². The summed E-state index contributed by atoms with van der Waals surface area (Å²) in [6, 6.07) is 0. The van der Waals surface area contributed by atoms with Crippen molar-refractivity contribution in [1.29, 1.82) is 0 Å². The van der Waals surface area contributed by atoms with Gasteiger partial charge in [0.25, 0.3) is 0 Å². The highest BCUT2D eigenvalue weighted by Crippen LogP contribution is 2.40. The number of likely N-dealkylation sites (tertiary alicyclic amines) is 1. The summed E-state index contributed by atoms with van der Waals surface area (Å²) < 4.78 is 11.9. The van der Waals surface area contributed by atoms with E-state index in [0.717, 1.165) is 6.20 Å². The maximum absolute atomic E-state index is 12.2. The predicted molar refractivity (Wildman–Crippen MR) is 83.8 cm³/mol. The van der Waals surface area contributed by atoms with Crippen molar-refractivity contribution in [3.63, 3.8) is 0 Å². The van der Waals surface area contributed by atoms with Gasteiger partial charge in [0.1, 0.15) is 11.9 Å². The monoisotopic (exact) mass is 313 g/mol. The standard InChI is InChI=1S/C15H27NO4Si/c1-8-19-14-12(13(18)16(14)9-10-17)11(2)20-21(6,7)15(3,4)5/h9,11-12,14H,8H2,1-7H3/t11-,12-,14+/m1/s1. The molecule has 120 valence electrons. The Bertz CT molecular complexity index is 437. The van der Waals surface area contributed by atoms with Crippen molar-refractivity contribution >= 4 is 20.2 Å². The molecule has 0 unspecified atom stereocenters. The summed E-state index contributed by atoms with van der Waals surface area (Å²) in [5, 5.41) is 0.0809. The molecule has 1 aliphatic heterocycles. The van der Waals surface area contributed by atoms with Crippen LogP contribution in [0, 0.1) is 5.92 Å². The quantitative estimate of drug-likeness (QED) is 0.429. The molecule has 1 heterocycles. The highest BCUT2D eigenvalue weighted by Gasteiger charge is 2.52. The predicted octanol–water partition coefficient (Wildman–Crippen LogP) is 2.56. The third-order valence-electron chi connectivity index (χ3n) is 4.44. The Morgan fingerprint density at radius 2 is 2.00 bits per heavy atom. The number of amides is 1. The van der Waals surface area contributed by atoms with E-state index in [2.05, 4.69) is 33.9 Å². The van der Waals surface area contributed by atoms with E-state index in [1.54, 1.807) is 5.94 Å². The normalized spacial score (nSPS) is 24.3. The minimum absolute atomic E-state index is 0.0809. The van der Waals surface area contributed by atoms with Gasteiger partial charge in [0.05, 0.1) is 12.3 Å².